The van der Waals surface area contributed by atoms with Gasteiger partial charge in [0, 0.05) is 17.6 Å². The number of H-pyrrole nitrogens is 1. The topological polar surface area (TPSA) is 49.9 Å². The number of nitrogens with one attached hydrogen (secondary N) is 2. The van der Waals surface area contributed by atoms with Gasteiger partial charge >= 0.3 is 0 Å². The molecule has 0 fully saturated rings. The van der Waals surface area contributed by atoms with Crippen molar-refractivity contribution in [3.63, 3.8) is 0 Å². The monoisotopic (exact) mass is 281 g/mol. The number of aromatic amines is 1. The summed E-state index contributed by atoms with van der Waals surface area (Å²) in [5.41, 5.74) is 3.37. The highest BCUT2D eigenvalue weighted by Gasteiger charge is 1.99. The van der Waals surface area contributed by atoms with Crippen molar-refractivity contribution in [3.8, 4) is 5.75 Å². The molecule has 0 radical (unpaired) electrons. The first kappa shape index (κ1) is 13.5. The third-order valence-electron chi connectivity index (χ3n) is 3.33. The van der Waals surface area contributed by atoms with E-state index in [0.29, 0.717) is 0 Å². The molecule has 108 valence electrons. The van der Waals surface area contributed by atoms with Crippen LogP contribution in [0.2, 0.25) is 0 Å². The zero-order valence-corrected chi connectivity index (χ0v) is 12.1. The van der Waals surface area contributed by atoms with Crippen LogP contribution in [0.5, 0.6) is 5.75 Å². The number of anilines is 1. The summed E-state index contributed by atoms with van der Waals surface area (Å²) in [4.78, 5) is 0. The highest BCUT2D eigenvalue weighted by atomic mass is 16.5. The zero-order chi connectivity index (χ0) is 14.5. The van der Waals surface area contributed by atoms with Crippen molar-refractivity contribution in [1.29, 1.82) is 0 Å². The smallest absolute Gasteiger partial charge is 0.119 e. The summed E-state index contributed by atoms with van der Waals surface area (Å²) in [5, 5.41) is 11.5. The van der Waals surface area contributed by atoms with Gasteiger partial charge in [-0.25, -0.2) is 0 Å². The molecule has 0 atom stereocenters. The number of hydrogen-bond donors (Lipinski definition) is 2. The SMILES string of the molecule is CCCOc1ccc(CNc2ccc3[nH]ncc3c2)cc1. The molecule has 3 rings (SSSR count). The highest BCUT2D eigenvalue weighted by Crippen LogP contribution is 2.18. The van der Waals surface area contributed by atoms with Crippen LogP contribution in [0.25, 0.3) is 10.9 Å². The molecule has 0 aliphatic rings. The van der Waals surface area contributed by atoms with Gasteiger partial charge < -0.3 is 10.1 Å². The normalized spacial score (nSPS) is 10.7. The fraction of sp³-hybridized carbons (Fsp3) is 0.235. The molecule has 4 heteroatoms. The average molecular weight is 281 g/mol. The molecule has 3 aromatic rings. The molecule has 1 heterocycles. The maximum absolute atomic E-state index is 5.58. The van der Waals surface area contributed by atoms with E-state index in [4.69, 9.17) is 4.74 Å². The van der Waals surface area contributed by atoms with Crippen LogP contribution in [-0.4, -0.2) is 16.8 Å². The lowest BCUT2D eigenvalue weighted by Gasteiger charge is -2.08. The largest absolute Gasteiger partial charge is 0.494 e. The van der Waals surface area contributed by atoms with Gasteiger partial charge in [-0.3, -0.25) is 5.10 Å². The number of hydrogen-bond acceptors (Lipinski definition) is 3. The Morgan fingerprint density at radius 2 is 2.00 bits per heavy atom. The van der Waals surface area contributed by atoms with Crippen molar-refractivity contribution in [1.82, 2.24) is 10.2 Å². The number of benzene rings is 2. The van der Waals surface area contributed by atoms with E-state index >= 15 is 0 Å². The number of fused-ring (bicyclic) bond motifs is 1. The molecule has 0 spiro atoms. The molecule has 4 nitrogen and oxygen atoms in total. The van der Waals surface area contributed by atoms with Gasteiger partial charge in [-0.2, -0.15) is 5.10 Å². The van der Waals surface area contributed by atoms with Crippen molar-refractivity contribution in [2.24, 2.45) is 0 Å². The minimum Gasteiger partial charge on any atom is -0.494 e. The molecule has 21 heavy (non-hydrogen) atoms. The molecule has 2 aromatic carbocycles. The van der Waals surface area contributed by atoms with Crippen LogP contribution >= 0.6 is 0 Å². The van der Waals surface area contributed by atoms with E-state index < -0.39 is 0 Å². The van der Waals surface area contributed by atoms with E-state index in [1.54, 1.807) is 0 Å². The van der Waals surface area contributed by atoms with E-state index in [9.17, 15) is 0 Å². The lowest BCUT2D eigenvalue weighted by molar-refractivity contribution is 0.317. The van der Waals surface area contributed by atoms with Crippen LogP contribution in [-0.2, 0) is 6.54 Å². The third kappa shape index (κ3) is 3.34. The van der Waals surface area contributed by atoms with E-state index in [1.807, 2.05) is 24.4 Å². The molecule has 0 bridgehead atoms. The van der Waals surface area contributed by atoms with Crippen molar-refractivity contribution in [3.05, 3.63) is 54.2 Å². The predicted molar refractivity (Wildman–Crippen MR) is 85.6 cm³/mol. The van der Waals surface area contributed by atoms with Crippen LogP contribution < -0.4 is 10.1 Å². The molecular formula is C17H19N3O. The van der Waals surface area contributed by atoms with Crippen LogP contribution in [0.4, 0.5) is 5.69 Å². The quantitative estimate of drug-likeness (QED) is 0.719. The first-order valence-corrected chi connectivity index (χ1v) is 7.24. The minimum absolute atomic E-state index is 0.766. The predicted octanol–water partition coefficient (Wildman–Crippen LogP) is 3.96. The van der Waals surface area contributed by atoms with Gasteiger partial charge in [0.25, 0.3) is 0 Å². The Morgan fingerprint density at radius 1 is 1.14 bits per heavy atom. The molecule has 0 aliphatic carbocycles. The van der Waals surface area contributed by atoms with E-state index in [-0.39, 0.29) is 0 Å². The first-order chi connectivity index (χ1) is 10.3. The Balaban J connectivity index is 1.61. The van der Waals surface area contributed by atoms with E-state index in [0.717, 1.165) is 41.9 Å². The standard InChI is InChI=1S/C17H19N3O/c1-2-9-21-16-6-3-13(4-7-16)11-18-15-5-8-17-14(10-15)12-19-20-17/h3-8,10,12,18H,2,9,11H2,1H3,(H,19,20). The number of rotatable bonds is 6. The fourth-order valence-electron chi connectivity index (χ4n) is 2.18. The second-order valence-electron chi connectivity index (χ2n) is 5.02. The number of nitrogens with zero attached hydrogens (tertiary/aromatic N) is 1. The Labute approximate surface area is 124 Å². The Bertz CT molecular complexity index is 703. The second-order valence-corrected chi connectivity index (χ2v) is 5.02. The summed E-state index contributed by atoms with van der Waals surface area (Å²) in [6, 6.07) is 14.4. The first-order valence-electron chi connectivity index (χ1n) is 7.24. The van der Waals surface area contributed by atoms with Gasteiger partial charge in [0.1, 0.15) is 5.75 Å². The average Bonchev–Trinajstić information content (AvgIpc) is 2.99. The summed E-state index contributed by atoms with van der Waals surface area (Å²) in [5.74, 6) is 0.931. The Kier molecular flexibility index (Phi) is 4.05. The molecule has 1 aromatic heterocycles. The molecule has 0 unspecified atom stereocenters. The minimum atomic E-state index is 0.766. The van der Waals surface area contributed by atoms with E-state index in [2.05, 4.69) is 46.7 Å². The molecule has 0 aliphatic heterocycles. The molecule has 0 saturated heterocycles. The lowest BCUT2D eigenvalue weighted by Crippen LogP contribution is -2.00. The van der Waals surface area contributed by atoms with Crippen molar-refractivity contribution >= 4 is 16.6 Å². The Morgan fingerprint density at radius 3 is 2.81 bits per heavy atom. The van der Waals surface area contributed by atoms with Gasteiger partial charge in [-0.15, -0.1) is 0 Å². The van der Waals surface area contributed by atoms with Crippen molar-refractivity contribution in [2.75, 3.05) is 11.9 Å². The third-order valence-corrected chi connectivity index (χ3v) is 3.33. The summed E-state index contributed by atoms with van der Waals surface area (Å²) in [7, 11) is 0. The van der Waals surface area contributed by atoms with Crippen molar-refractivity contribution in [2.45, 2.75) is 19.9 Å². The number of ether oxygens (including phenoxy) is 1. The van der Waals surface area contributed by atoms with Crippen LogP contribution in [0.1, 0.15) is 18.9 Å². The van der Waals surface area contributed by atoms with Crippen LogP contribution in [0, 0.1) is 0 Å². The molecule has 2 N–H and O–H groups in total. The summed E-state index contributed by atoms with van der Waals surface area (Å²) >= 11 is 0. The zero-order valence-electron chi connectivity index (χ0n) is 12.1. The maximum atomic E-state index is 5.58. The van der Waals surface area contributed by atoms with Crippen molar-refractivity contribution < 1.29 is 4.74 Å². The Hall–Kier alpha value is -2.49. The van der Waals surface area contributed by atoms with Gasteiger partial charge in [-0.1, -0.05) is 19.1 Å². The van der Waals surface area contributed by atoms with Gasteiger partial charge in [0.2, 0.25) is 0 Å². The fourth-order valence-corrected chi connectivity index (χ4v) is 2.18. The van der Waals surface area contributed by atoms with Crippen LogP contribution in [0.3, 0.4) is 0 Å². The summed E-state index contributed by atoms with van der Waals surface area (Å²) in [6.07, 6.45) is 2.86. The molecule has 0 saturated carbocycles. The number of aromatic nitrogens is 2. The summed E-state index contributed by atoms with van der Waals surface area (Å²) < 4.78 is 5.58. The van der Waals surface area contributed by atoms with Gasteiger partial charge in [0.15, 0.2) is 0 Å². The van der Waals surface area contributed by atoms with Gasteiger partial charge in [0.05, 0.1) is 18.3 Å². The second kappa shape index (κ2) is 6.31. The van der Waals surface area contributed by atoms with Crippen LogP contribution in [0.15, 0.2) is 48.7 Å². The lowest BCUT2D eigenvalue weighted by atomic mass is 10.2. The highest BCUT2D eigenvalue weighted by molar-refractivity contribution is 5.81. The maximum Gasteiger partial charge on any atom is 0.119 e. The molecule has 0 amide bonds. The van der Waals surface area contributed by atoms with Gasteiger partial charge in [-0.05, 0) is 42.3 Å². The van der Waals surface area contributed by atoms with E-state index in [1.165, 1.54) is 5.56 Å². The summed E-state index contributed by atoms with van der Waals surface area (Å²) in [6.45, 7) is 3.66. The molecular weight excluding hydrogens is 262 g/mol.